The Bertz CT molecular complexity index is 1040. The summed E-state index contributed by atoms with van der Waals surface area (Å²) in [7, 11) is 1.53. The quantitative estimate of drug-likeness (QED) is 0.656. The summed E-state index contributed by atoms with van der Waals surface area (Å²) < 4.78 is 5.25. The number of carbonyl (C=O) groups excluding carboxylic acids is 4. The van der Waals surface area contributed by atoms with Crippen molar-refractivity contribution in [2.24, 2.45) is 0 Å². The number of carbonyl (C=O) groups is 4. The molecule has 33 heavy (non-hydrogen) atoms. The third-order valence-electron chi connectivity index (χ3n) is 6.19. The number of rotatable bonds is 7. The van der Waals surface area contributed by atoms with Crippen molar-refractivity contribution in [3.8, 4) is 5.75 Å². The van der Waals surface area contributed by atoms with E-state index in [1.165, 1.54) is 12.0 Å². The van der Waals surface area contributed by atoms with Gasteiger partial charge in [-0.25, -0.2) is 0 Å². The van der Waals surface area contributed by atoms with Gasteiger partial charge >= 0.3 is 0 Å². The first-order valence-corrected chi connectivity index (χ1v) is 11.2. The van der Waals surface area contributed by atoms with Crippen molar-refractivity contribution in [3.63, 3.8) is 0 Å². The normalized spacial score (nSPS) is 16.0. The molecule has 0 bridgehead atoms. The molecule has 2 aliphatic heterocycles. The highest BCUT2D eigenvalue weighted by molar-refractivity contribution is 6.21. The SMILES string of the molecule is COc1ccccc1C(=O)NC1CCN(C(=O)CCCN2C(=O)c3ccccc3C2=O)CC1. The maximum absolute atomic E-state index is 12.6. The van der Waals surface area contributed by atoms with Crippen LogP contribution >= 0.6 is 0 Å². The Kier molecular flexibility index (Phi) is 6.72. The molecule has 8 heteroatoms. The van der Waals surface area contributed by atoms with E-state index in [0.717, 1.165) is 0 Å². The molecule has 2 aromatic rings. The number of benzene rings is 2. The van der Waals surface area contributed by atoms with Crippen molar-refractivity contribution < 1.29 is 23.9 Å². The van der Waals surface area contributed by atoms with Crippen LogP contribution in [0.2, 0.25) is 0 Å². The van der Waals surface area contributed by atoms with Gasteiger partial charge in [0.05, 0.1) is 23.8 Å². The molecule has 0 radical (unpaired) electrons. The van der Waals surface area contributed by atoms with Gasteiger partial charge in [0.25, 0.3) is 17.7 Å². The number of nitrogens with zero attached hydrogens (tertiary/aromatic N) is 2. The van der Waals surface area contributed by atoms with E-state index in [-0.39, 0.29) is 42.6 Å². The zero-order valence-corrected chi connectivity index (χ0v) is 18.6. The van der Waals surface area contributed by atoms with Gasteiger partial charge in [-0.05, 0) is 43.5 Å². The van der Waals surface area contributed by atoms with Crippen LogP contribution in [0.1, 0.15) is 56.8 Å². The Morgan fingerprint density at radius 1 is 0.970 bits per heavy atom. The van der Waals surface area contributed by atoms with E-state index < -0.39 is 0 Å². The largest absolute Gasteiger partial charge is 0.496 e. The molecule has 4 amide bonds. The van der Waals surface area contributed by atoms with Crippen molar-refractivity contribution >= 4 is 23.6 Å². The fourth-order valence-electron chi connectivity index (χ4n) is 4.36. The number of nitrogens with one attached hydrogen (secondary N) is 1. The van der Waals surface area contributed by atoms with Crippen LogP contribution < -0.4 is 10.1 Å². The maximum Gasteiger partial charge on any atom is 0.261 e. The molecule has 1 N–H and O–H groups in total. The molecule has 0 atom stereocenters. The fraction of sp³-hybridized carbons (Fsp3) is 0.360. The molecule has 0 unspecified atom stereocenters. The molecule has 2 aromatic carbocycles. The first-order chi connectivity index (χ1) is 16.0. The molecule has 0 saturated carbocycles. The number of amides is 4. The summed E-state index contributed by atoms with van der Waals surface area (Å²) in [6, 6.07) is 13.8. The average molecular weight is 450 g/mol. The van der Waals surface area contributed by atoms with Gasteiger partial charge in [-0.2, -0.15) is 0 Å². The topological polar surface area (TPSA) is 96.0 Å². The molecule has 1 saturated heterocycles. The molecule has 4 rings (SSSR count). The van der Waals surface area contributed by atoms with Crippen LogP contribution in [0.4, 0.5) is 0 Å². The van der Waals surface area contributed by atoms with Crippen LogP contribution in [-0.4, -0.2) is 66.2 Å². The highest BCUT2D eigenvalue weighted by atomic mass is 16.5. The van der Waals surface area contributed by atoms with Crippen molar-refractivity contribution in [1.29, 1.82) is 0 Å². The monoisotopic (exact) mass is 449 g/mol. The summed E-state index contributed by atoms with van der Waals surface area (Å²) in [5.74, 6) is -0.246. The lowest BCUT2D eigenvalue weighted by Gasteiger charge is -2.32. The van der Waals surface area contributed by atoms with E-state index in [4.69, 9.17) is 4.74 Å². The molecule has 0 aliphatic carbocycles. The predicted molar refractivity (Wildman–Crippen MR) is 121 cm³/mol. The summed E-state index contributed by atoms with van der Waals surface area (Å²) in [6.07, 6.45) is 2.04. The van der Waals surface area contributed by atoms with Crippen LogP contribution in [0.25, 0.3) is 0 Å². The minimum Gasteiger partial charge on any atom is -0.496 e. The molecule has 2 aliphatic rings. The van der Waals surface area contributed by atoms with E-state index in [1.807, 2.05) is 6.07 Å². The minimum atomic E-state index is -0.297. The number of para-hydroxylation sites is 1. The van der Waals surface area contributed by atoms with Crippen molar-refractivity contribution in [1.82, 2.24) is 15.1 Å². The van der Waals surface area contributed by atoms with E-state index in [2.05, 4.69) is 5.32 Å². The van der Waals surface area contributed by atoms with E-state index >= 15 is 0 Å². The average Bonchev–Trinajstić information content (AvgIpc) is 3.09. The van der Waals surface area contributed by atoms with Gasteiger partial charge in [-0.1, -0.05) is 24.3 Å². The molecular weight excluding hydrogens is 422 g/mol. The number of likely N-dealkylation sites (tertiary alicyclic amines) is 1. The Morgan fingerprint density at radius 3 is 2.21 bits per heavy atom. The van der Waals surface area contributed by atoms with Gasteiger partial charge < -0.3 is 15.0 Å². The summed E-state index contributed by atoms with van der Waals surface area (Å²) in [5, 5.41) is 3.03. The molecule has 2 heterocycles. The minimum absolute atomic E-state index is 0.00103. The smallest absolute Gasteiger partial charge is 0.261 e. The highest BCUT2D eigenvalue weighted by Crippen LogP contribution is 2.23. The second kappa shape index (κ2) is 9.85. The Morgan fingerprint density at radius 2 is 1.58 bits per heavy atom. The van der Waals surface area contributed by atoms with Crippen LogP contribution in [0.3, 0.4) is 0 Å². The van der Waals surface area contributed by atoms with E-state index in [0.29, 0.717) is 54.8 Å². The van der Waals surface area contributed by atoms with Gasteiger partial charge in [0, 0.05) is 32.1 Å². The first-order valence-electron chi connectivity index (χ1n) is 11.2. The van der Waals surface area contributed by atoms with E-state index in [1.54, 1.807) is 47.4 Å². The molecule has 0 spiro atoms. The lowest BCUT2D eigenvalue weighted by molar-refractivity contribution is -0.132. The molecule has 172 valence electrons. The lowest BCUT2D eigenvalue weighted by atomic mass is 10.0. The second-order valence-corrected chi connectivity index (χ2v) is 8.24. The standard InChI is InChI=1S/C25H27N3O5/c1-33-21-10-5-4-9-20(21)23(30)26-17-12-15-27(16-13-17)22(29)11-6-14-28-24(31)18-7-2-3-8-19(18)25(28)32/h2-5,7-10,17H,6,11-16H2,1H3,(H,26,30). The van der Waals surface area contributed by atoms with Crippen LogP contribution in [0.5, 0.6) is 5.75 Å². The molecule has 8 nitrogen and oxygen atoms in total. The second-order valence-electron chi connectivity index (χ2n) is 8.24. The third-order valence-corrected chi connectivity index (χ3v) is 6.19. The van der Waals surface area contributed by atoms with Crippen LogP contribution in [0.15, 0.2) is 48.5 Å². The number of hydrogen-bond donors (Lipinski definition) is 1. The Balaban J connectivity index is 1.21. The maximum atomic E-state index is 12.6. The van der Waals surface area contributed by atoms with Gasteiger partial charge in [-0.15, -0.1) is 0 Å². The summed E-state index contributed by atoms with van der Waals surface area (Å²) in [5.41, 5.74) is 1.34. The first kappa shape index (κ1) is 22.5. The van der Waals surface area contributed by atoms with Gasteiger partial charge in [-0.3, -0.25) is 24.1 Å². The number of fused-ring (bicyclic) bond motifs is 1. The molecule has 0 aromatic heterocycles. The Labute approximate surface area is 192 Å². The number of ether oxygens (including phenoxy) is 1. The van der Waals surface area contributed by atoms with E-state index in [9.17, 15) is 19.2 Å². The van der Waals surface area contributed by atoms with Crippen molar-refractivity contribution in [3.05, 3.63) is 65.2 Å². The summed E-state index contributed by atoms with van der Waals surface area (Å²) in [4.78, 5) is 53.0. The number of piperidine rings is 1. The number of hydrogen-bond acceptors (Lipinski definition) is 5. The van der Waals surface area contributed by atoms with Gasteiger partial charge in [0.15, 0.2) is 0 Å². The van der Waals surface area contributed by atoms with Gasteiger partial charge in [0.1, 0.15) is 5.75 Å². The molecule has 1 fully saturated rings. The summed E-state index contributed by atoms with van der Waals surface area (Å²) >= 11 is 0. The van der Waals surface area contributed by atoms with Crippen molar-refractivity contribution in [2.45, 2.75) is 31.7 Å². The van der Waals surface area contributed by atoms with Gasteiger partial charge in [0.2, 0.25) is 5.91 Å². The molecular formula is C25H27N3O5. The lowest BCUT2D eigenvalue weighted by Crippen LogP contribution is -2.46. The fourth-order valence-corrected chi connectivity index (χ4v) is 4.36. The predicted octanol–water partition coefficient (Wildman–Crippen LogP) is 2.49. The third kappa shape index (κ3) is 4.74. The van der Waals surface area contributed by atoms with Crippen LogP contribution in [-0.2, 0) is 4.79 Å². The van der Waals surface area contributed by atoms with Crippen molar-refractivity contribution in [2.75, 3.05) is 26.7 Å². The van der Waals surface area contributed by atoms with Crippen LogP contribution in [0, 0.1) is 0 Å². The number of methoxy groups -OCH3 is 1. The Hall–Kier alpha value is -3.68. The highest BCUT2D eigenvalue weighted by Gasteiger charge is 2.34. The zero-order valence-electron chi connectivity index (χ0n) is 18.6. The summed E-state index contributed by atoms with van der Waals surface area (Å²) in [6.45, 7) is 1.34. The number of imide groups is 1. The zero-order chi connectivity index (χ0) is 23.4.